The van der Waals surface area contributed by atoms with Crippen molar-refractivity contribution in [2.24, 2.45) is 0 Å². The van der Waals surface area contributed by atoms with Gasteiger partial charge in [0.15, 0.2) is 0 Å². The van der Waals surface area contributed by atoms with Crippen LogP contribution in [0.4, 0.5) is 21.6 Å². The van der Waals surface area contributed by atoms with E-state index >= 15 is 0 Å². The molecule has 2 aromatic heterocycles. The number of hydrogen-bond donors (Lipinski definition) is 3. The molecule has 0 saturated heterocycles. The van der Waals surface area contributed by atoms with Gasteiger partial charge in [-0.15, -0.1) is 11.3 Å². The second-order valence-electron chi connectivity index (χ2n) is 6.08. The highest BCUT2D eigenvalue weighted by atomic mass is 32.1. The first-order valence-electron chi connectivity index (χ1n) is 8.47. The van der Waals surface area contributed by atoms with Gasteiger partial charge < -0.3 is 16.4 Å². The van der Waals surface area contributed by atoms with Crippen molar-refractivity contribution in [3.63, 3.8) is 0 Å². The Balaban J connectivity index is 1.46. The van der Waals surface area contributed by atoms with Crippen LogP contribution >= 0.6 is 11.3 Å². The van der Waals surface area contributed by atoms with Crippen molar-refractivity contribution in [1.82, 2.24) is 9.97 Å². The van der Waals surface area contributed by atoms with Crippen molar-refractivity contribution in [1.29, 1.82) is 0 Å². The monoisotopic (exact) mass is 407 g/mol. The molecule has 0 aliphatic carbocycles. The van der Waals surface area contributed by atoms with E-state index in [9.17, 15) is 14.0 Å². The second kappa shape index (κ2) is 7.64. The number of carbonyl (C=O) groups is 2. The van der Waals surface area contributed by atoms with Gasteiger partial charge in [-0.25, -0.2) is 14.4 Å². The van der Waals surface area contributed by atoms with Gasteiger partial charge >= 0.3 is 0 Å². The zero-order chi connectivity index (χ0) is 20.4. The number of thiophene rings is 1. The Labute approximate surface area is 168 Å². The van der Waals surface area contributed by atoms with Gasteiger partial charge in [-0.05, 0) is 42.5 Å². The summed E-state index contributed by atoms with van der Waals surface area (Å²) in [6, 6.07) is 12.0. The van der Waals surface area contributed by atoms with Crippen LogP contribution in [0.25, 0.3) is 10.2 Å². The topological polar surface area (TPSA) is 110 Å². The number of fused-ring (bicyclic) bond motifs is 1. The number of halogens is 1. The molecular formula is C20H14FN5O2S. The summed E-state index contributed by atoms with van der Waals surface area (Å²) in [4.78, 5) is 33.4. The summed E-state index contributed by atoms with van der Waals surface area (Å²) < 4.78 is 13.2. The minimum absolute atomic E-state index is 0.214. The fourth-order valence-electron chi connectivity index (χ4n) is 2.73. The summed E-state index contributed by atoms with van der Waals surface area (Å²) >= 11 is 1.31. The van der Waals surface area contributed by atoms with Gasteiger partial charge in [0.2, 0.25) is 0 Å². The average molecular weight is 407 g/mol. The number of aromatic nitrogens is 2. The molecule has 0 saturated carbocycles. The third-order valence-corrected chi connectivity index (χ3v) is 5.02. The third-order valence-electron chi connectivity index (χ3n) is 4.13. The summed E-state index contributed by atoms with van der Waals surface area (Å²) in [5, 5.41) is 7.65. The van der Waals surface area contributed by atoms with E-state index in [4.69, 9.17) is 5.73 Å². The van der Waals surface area contributed by atoms with E-state index in [1.807, 2.05) is 0 Å². The smallest absolute Gasteiger partial charge is 0.257 e. The number of anilines is 3. The number of carbonyl (C=O) groups excluding carboxylic acids is 2. The molecule has 0 radical (unpaired) electrons. The third kappa shape index (κ3) is 3.90. The van der Waals surface area contributed by atoms with Crippen LogP contribution in [0, 0.1) is 5.82 Å². The number of nitrogens with one attached hydrogen (secondary N) is 2. The number of amides is 2. The number of rotatable bonds is 4. The molecule has 0 unspecified atom stereocenters. The van der Waals surface area contributed by atoms with Gasteiger partial charge in [0.05, 0.1) is 10.9 Å². The molecule has 4 aromatic rings. The fraction of sp³-hybridized carbons (Fsp3) is 0. The van der Waals surface area contributed by atoms with Crippen molar-refractivity contribution >= 4 is 50.6 Å². The van der Waals surface area contributed by atoms with Crippen molar-refractivity contribution in [3.05, 3.63) is 77.2 Å². The molecular weight excluding hydrogens is 393 g/mol. The Morgan fingerprint density at radius 2 is 1.66 bits per heavy atom. The zero-order valence-electron chi connectivity index (χ0n) is 14.8. The molecule has 144 valence electrons. The molecule has 0 aliphatic rings. The molecule has 0 aliphatic heterocycles. The van der Waals surface area contributed by atoms with Crippen molar-refractivity contribution in [2.75, 3.05) is 16.4 Å². The Morgan fingerprint density at radius 3 is 2.34 bits per heavy atom. The quantitative estimate of drug-likeness (QED) is 0.475. The van der Waals surface area contributed by atoms with Crippen LogP contribution in [0.2, 0.25) is 0 Å². The summed E-state index contributed by atoms with van der Waals surface area (Å²) in [6.07, 6.45) is 1.35. The Bertz CT molecular complexity index is 1220. The lowest BCUT2D eigenvalue weighted by Crippen LogP contribution is -2.13. The average Bonchev–Trinajstić information content (AvgIpc) is 3.15. The lowest BCUT2D eigenvalue weighted by molar-refractivity contribution is 0.101. The molecule has 9 heteroatoms. The molecule has 2 heterocycles. The summed E-state index contributed by atoms with van der Waals surface area (Å²) in [5.41, 5.74) is 7.52. The zero-order valence-corrected chi connectivity index (χ0v) is 15.7. The van der Waals surface area contributed by atoms with Crippen LogP contribution in [-0.4, -0.2) is 21.8 Å². The van der Waals surface area contributed by atoms with Crippen LogP contribution in [0.1, 0.15) is 20.7 Å². The number of nitrogens with two attached hydrogens (primary N) is 1. The highest BCUT2D eigenvalue weighted by molar-refractivity contribution is 7.17. The summed E-state index contributed by atoms with van der Waals surface area (Å²) in [6.45, 7) is 0. The summed E-state index contributed by atoms with van der Waals surface area (Å²) in [5.74, 6) is -1.00. The van der Waals surface area contributed by atoms with Crippen LogP contribution in [-0.2, 0) is 0 Å². The van der Waals surface area contributed by atoms with Crippen molar-refractivity contribution in [3.8, 4) is 0 Å². The van der Waals surface area contributed by atoms with E-state index < -0.39 is 11.7 Å². The minimum Gasteiger partial charge on any atom is -0.383 e. The number of hydrogen-bond acceptors (Lipinski definition) is 6. The molecule has 4 N–H and O–H groups in total. The van der Waals surface area contributed by atoms with E-state index in [1.165, 1.54) is 35.9 Å². The van der Waals surface area contributed by atoms with Crippen LogP contribution in [0.5, 0.6) is 0 Å². The Morgan fingerprint density at radius 1 is 0.966 bits per heavy atom. The number of nitrogens with zero attached hydrogens (tertiary/aromatic N) is 2. The minimum atomic E-state index is -0.484. The highest BCUT2D eigenvalue weighted by Gasteiger charge is 2.16. The standard InChI is InChI=1S/C20H14FN5O2S/c21-12-3-1-2-11(8-12)18(27)25-13-4-6-14(7-5-13)26-19(28)15-9-29-20-16(15)17(22)23-10-24-20/h1-10H,(H,25,27)(H,26,28)(H2,22,23,24). The molecule has 0 fully saturated rings. The molecule has 29 heavy (non-hydrogen) atoms. The largest absolute Gasteiger partial charge is 0.383 e. The van der Waals surface area contributed by atoms with Gasteiger partial charge in [0, 0.05) is 22.3 Å². The lowest BCUT2D eigenvalue weighted by atomic mass is 10.2. The number of benzene rings is 2. The maximum absolute atomic E-state index is 13.2. The number of nitrogen functional groups attached to an aromatic ring is 1. The van der Waals surface area contributed by atoms with Gasteiger partial charge in [0.25, 0.3) is 11.8 Å². The summed E-state index contributed by atoms with van der Waals surface area (Å²) in [7, 11) is 0. The van der Waals surface area contributed by atoms with Crippen LogP contribution in [0.3, 0.4) is 0 Å². The van der Waals surface area contributed by atoms with Gasteiger partial charge in [-0.1, -0.05) is 6.07 Å². The highest BCUT2D eigenvalue weighted by Crippen LogP contribution is 2.28. The second-order valence-corrected chi connectivity index (χ2v) is 6.94. The van der Waals surface area contributed by atoms with E-state index in [-0.39, 0.29) is 17.3 Å². The first-order chi connectivity index (χ1) is 14.0. The molecule has 7 nitrogen and oxygen atoms in total. The van der Waals surface area contributed by atoms with Gasteiger partial charge in [-0.2, -0.15) is 0 Å². The normalized spacial score (nSPS) is 10.7. The predicted molar refractivity (Wildman–Crippen MR) is 111 cm³/mol. The van der Waals surface area contributed by atoms with Crippen molar-refractivity contribution < 1.29 is 14.0 Å². The molecule has 0 atom stereocenters. The first-order valence-corrected chi connectivity index (χ1v) is 9.35. The lowest BCUT2D eigenvalue weighted by Gasteiger charge is -2.08. The van der Waals surface area contributed by atoms with Crippen LogP contribution < -0.4 is 16.4 Å². The SMILES string of the molecule is Nc1ncnc2scc(C(=O)Nc3ccc(NC(=O)c4cccc(F)c4)cc3)c12. The van der Waals surface area contributed by atoms with Crippen molar-refractivity contribution in [2.45, 2.75) is 0 Å². The first kappa shape index (κ1) is 18.5. The molecule has 4 rings (SSSR count). The van der Waals surface area contributed by atoms with E-state index in [2.05, 4.69) is 20.6 Å². The fourth-order valence-corrected chi connectivity index (χ4v) is 3.63. The van der Waals surface area contributed by atoms with E-state index in [0.29, 0.717) is 27.2 Å². The molecule has 2 aromatic carbocycles. The van der Waals surface area contributed by atoms with Crippen LogP contribution in [0.15, 0.2) is 60.2 Å². The van der Waals surface area contributed by atoms with Gasteiger partial charge in [0.1, 0.15) is 22.8 Å². The molecule has 0 bridgehead atoms. The Hall–Kier alpha value is -3.85. The molecule has 0 spiro atoms. The molecule has 2 amide bonds. The maximum Gasteiger partial charge on any atom is 0.257 e. The Kier molecular flexibility index (Phi) is 4.88. The van der Waals surface area contributed by atoms with E-state index in [1.54, 1.807) is 29.6 Å². The maximum atomic E-state index is 13.2. The predicted octanol–water partition coefficient (Wildman–Crippen LogP) is 3.92. The van der Waals surface area contributed by atoms with Gasteiger partial charge in [-0.3, -0.25) is 9.59 Å². The van der Waals surface area contributed by atoms with E-state index in [0.717, 1.165) is 6.07 Å².